The van der Waals surface area contributed by atoms with Gasteiger partial charge in [0.25, 0.3) is 0 Å². The Morgan fingerprint density at radius 3 is 2.90 bits per heavy atom. The van der Waals surface area contributed by atoms with Crippen LogP contribution in [0.3, 0.4) is 0 Å². The first kappa shape index (κ1) is 12.7. The van der Waals surface area contributed by atoms with Gasteiger partial charge in [-0.1, -0.05) is 24.3 Å². The average molecular weight is 271 g/mol. The fourth-order valence-corrected chi connectivity index (χ4v) is 2.41. The van der Waals surface area contributed by atoms with Crippen LogP contribution in [0.15, 0.2) is 48.5 Å². The molecule has 3 nitrogen and oxygen atoms in total. The normalized spacial score (nSPS) is 16.9. The fraction of sp³-hybridized carbons (Fsp3) is 0.188. The predicted molar refractivity (Wildman–Crippen MR) is 74.3 cm³/mol. The predicted octanol–water partition coefficient (Wildman–Crippen LogP) is 3.33. The molecule has 0 saturated heterocycles. The number of rotatable bonds is 2. The standard InChI is InChI=1S/C16H14FNO2/c17-11-4-3-5-12(10-11)18-16(19)14-8-9-20-15-7-2-1-6-13(14)15/h1-7,10,14H,8-9H2,(H,18,19). The highest BCUT2D eigenvalue weighted by atomic mass is 19.1. The van der Waals surface area contributed by atoms with Crippen molar-refractivity contribution in [1.82, 2.24) is 0 Å². The van der Waals surface area contributed by atoms with E-state index < -0.39 is 0 Å². The van der Waals surface area contributed by atoms with Crippen molar-refractivity contribution < 1.29 is 13.9 Å². The molecule has 1 aliphatic heterocycles. The van der Waals surface area contributed by atoms with Gasteiger partial charge in [0.2, 0.25) is 5.91 Å². The quantitative estimate of drug-likeness (QED) is 0.909. The van der Waals surface area contributed by atoms with Gasteiger partial charge in [-0.15, -0.1) is 0 Å². The van der Waals surface area contributed by atoms with Crippen LogP contribution >= 0.6 is 0 Å². The van der Waals surface area contributed by atoms with Gasteiger partial charge in [-0.2, -0.15) is 0 Å². The number of nitrogens with one attached hydrogen (secondary N) is 1. The van der Waals surface area contributed by atoms with Crippen LogP contribution in [0.25, 0.3) is 0 Å². The van der Waals surface area contributed by atoms with Gasteiger partial charge < -0.3 is 10.1 Å². The van der Waals surface area contributed by atoms with Crippen LogP contribution in [0, 0.1) is 5.82 Å². The van der Waals surface area contributed by atoms with Gasteiger partial charge in [0.05, 0.1) is 12.5 Å². The number of anilines is 1. The summed E-state index contributed by atoms with van der Waals surface area (Å²) in [6.07, 6.45) is 0.623. The third-order valence-corrected chi connectivity index (χ3v) is 3.37. The second kappa shape index (κ2) is 5.33. The number of hydrogen-bond donors (Lipinski definition) is 1. The van der Waals surface area contributed by atoms with Crippen molar-refractivity contribution in [3.05, 3.63) is 59.9 Å². The average Bonchev–Trinajstić information content (AvgIpc) is 2.46. The molecule has 0 spiro atoms. The van der Waals surface area contributed by atoms with Crippen molar-refractivity contribution in [2.75, 3.05) is 11.9 Å². The van der Waals surface area contributed by atoms with E-state index in [9.17, 15) is 9.18 Å². The van der Waals surface area contributed by atoms with Crippen molar-refractivity contribution in [2.24, 2.45) is 0 Å². The summed E-state index contributed by atoms with van der Waals surface area (Å²) < 4.78 is 18.7. The molecule has 0 aromatic heterocycles. The van der Waals surface area contributed by atoms with Crippen LogP contribution < -0.4 is 10.1 Å². The Balaban J connectivity index is 1.82. The zero-order chi connectivity index (χ0) is 13.9. The van der Waals surface area contributed by atoms with E-state index in [2.05, 4.69) is 5.32 Å². The summed E-state index contributed by atoms with van der Waals surface area (Å²) in [5.74, 6) is -0.0112. The van der Waals surface area contributed by atoms with Crippen molar-refractivity contribution in [3.8, 4) is 5.75 Å². The Bertz CT molecular complexity index is 642. The smallest absolute Gasteiger partial charge is 0.232 e. The van der Waals surface area contributed by atoms with Gasteiger partial charge in [-0.3, -0.25) is 4.79 Å². The molecule has 0 aliphatic carbocycles. The number of carbonyl (C=O) groups excluding carboxylic acids is 1. The van der Waals surface area contributed by atoms with Gasteiger partial charge in [0, 0.05) is 11.3 Å². The van der Waals surface area contributed by atoms with Crippen LogP contribution in [0.4, 0.5) is 10.1 Å². The van der Waals surface area contributed by atoms with Crippen LogP contribution in [-0.2, 0) is 4.79 Å². The van der Waals surface area contributed by atoms with E-state index in [1.807, 2.05) is 24.3 Å². The number of amides is 1. The summed E-state index contributed by atoms with van der Waals surface area (Å²) in [4.78, 5) is 12.4. The van der Waals surface area contributed by atoms with Gasteiger partial charge in [-0.05, 0) is 30.7 Å². The molecule has 1 heterocycles. The monoisotopic (exact) mass is 271 g/mol. The zero-order valence-electron chi connectivity index (χ0n) is 10.8. The molecule has 0 saturated carbocycles. The number of fused-ring (bicyclic) bond motifs is 1. The molecule has 3 rings (SSSR count). The van der Waals surface area contributed by atoms with Gasteiger partial charge in [0.15, 0.2) is 0 Å². The van der Waals surface area contributed by atoms with Gasteiger partial charge >= 0.3 is 0 Å². The molecule has 0 bridgehead atoms. The summed E-state index contributed by atoms with van der Waals surface area (Å²) in [5.41, 5.74) is 1.35. The van der Waals surface area contributed by atoms with Crippen molar-refractivity contribution in [3.63, 3.8) is 0 Å². The first-order valence-electron chi connectivity index (χ1n) is 6.52. The highest BCUT2D eigenvalue weighted by molar-refractivity contribution is 5.96. The molecule has 0 fully saturated rings. The lowest BCUT2D eigenvalue weighted by atomic mass is 9.92. The second-order valence-electron chi connectivity index (χ2n) is 4.73. The lowest BCUT2D eigenvalue weighted by Gasteiger charge is -2.25. The maximum Gasteiger partial charge on any atom is 0.232 e. The third-order valence-electron chi connectivity index (χ3n) is 3.37. The van der Waals surface area contributed by atoms with Gasteiger partial charge in [0.1, 0.15) is 11.6 Å². The van der Waals surface area contributed by atoms with Crippen LogP contribution in [-0.4, -0.2) is 12.5 Å². The highest BCUT2D eigenvalue weighted by Crippen LogP contribution is 2.34. The van der Waals surface area contributed by atoms with E-state index in [4.69, 9.17) is 4.74 Å². The third kappa shape index (κ3) is 2.50. The van der Waals surface area contributed by atoms with Crippen LogP contribution in [0.2, 0.25) is 0 Å². The molecule has 0 radical (unpaired) electrons. The number of halogens is 1. The van der Waals surface area contributed by atoms with Crippen molar-refractivity contribution in [1.29, 1.82) is 0 Å². The van der Waals surface area contributed by atoms with E-state index >= 15 is 0 Å². The molecule has 1 amide bonds. The number of hydrogen-bond acceptors (Lipinski definition) is 2. The van der Waals surface area contributed by atoms with E-state index in [0.717, 1.165) is 11.3 Å². The molecular formula is C16H14FNO2. The fourth-order valence-electron chi connectivity index (χ4n) is 2.41. The summed E-state index contributed by atoms with van der Waals surface area (Å²) in [6, 6.07) is 13.4. The van der Waals surface area contributed by atoms with Crippen LogP contribution in [0.1, 0.15) is 17.9 Å². The van der Waals surface area contributed by atoms with E-state index in [1.54, 1.807) is 12.1 Å². The molecule has 2 aromatic rings. The minimum absolute atomic E-state index is 0.133. The summed E-state index contributed by atoms with van der Waals surface area (Å²) in [5, 5.41) is 2.76. The number of ether oxygens (including phenoxy) is 1. The highest BCUT2D eigenvalue weighted by Gasteiger charge is 2.27. The van der Waals surface area contributed by atoms with Crippen molar-refractivity contribution in [2.45, 2.75) is 12.3 Å². The Hall–Kier alpha value is -2.36. The second-order valence-corrected chi connectivity index (χ2v) is 4.73. The van der Waals surface area contributed by atoms with E-state index in [1.165, 1.54) is 12.1 Å². The lowest BCUT2D eigenvalue weighted by Crippen LogP contribution is -2.26. The number of benzene rings is 2. The summed E-state index contributed by atoms with van der Waals surface area (Å²) >= 11 is 0. The molecule has 1 aliphatic rings. The lowest BCUT2D eigenvalue weighted by molar-refractivity contribution is -0.118. The van der Waals surface area contributed by atoms with Crippen LogP contribution in [0.5, 0.6) is 5.75 Å². The molecule has 20 heavy (non-hydrogen) atoms. The van der Waals surface area contributed by atoms with E-state index in [0.29, 0.717) is 18.7 Å². The Kier molecular flexibility index (Phi) is 3.37. The summed E-state index contributed by atoms with van der Waals surface area (Å²) in [7, 11) is 0. The summed E-state index contributed by atoms with van der Waals surface area (Å²) in [6.45, 7) is 0.512. The van der Waals surface area contributed by atoms with Crippen molar-refractivity contribution >= 4 is 11.6 Å². The maximum absolute atomic E-state index is 13.1. The van der Waals surface area contributed by atoms with E-state index in [-0.39, 0.29) is 17.6 Å². The number of carbonyl (C=O) groups is 1. The topological polar surface area (TPSA) is 38.3 Å². The molecule has 1 unspecified atom stereocenters. The SMILES string of the molecule is O=C(Nc1cccc(F)c1)C1CCOc2ccccc21. The first-order chi connectivity index (χ1) is 9.74. The molecule has 1 atom stereocenters. The first-order valence-corrected chi connectivity index (χ1v) is 6.52. The Labute approximate surface area is 116 Å². The Morgan fingerprint density at radius 1 is 1.20 bits per heavy atom. The molecule has 1 N–H and O–H groups in total. The molecule has 4 heteroatoms. The van der Waals surface area contributed by atoms with Gasteiger partial charge in [-0.25, -0.2) is 4.39 Å². The molecule has 102 valence electrons. The number of para-hydroxylation sites is 1. The largest absolute Gasteiger partial charge is 0.493 e. The minimum atomic E-state index is -0.366. The Morgan fingerprint density at radius 2 is 2.05 bits per heavy atom. The maximum atomic E-state index is 13.1. The molecular weight excluding hydrogens is 257 g/mol. The minimum Gasteiger partial charge on any atom is -0.493 e. The molecule has 2 aromatic carbocycles. The zero-order valence-corrected chi connectivity index (χ0v) is 10.8.